The van der Waals surface area contributed by atoms with Gasteiger partial charge in [0.05, 0.1) is 22.5 Å². The van der Waals surface area contributed by atoms with Gasteiger partial charge in [0.1, 0.15) is 12.9 Å². The standard InChI is InChI=1S/C26H35ClN6O3/c1-4-32(12-5-6-20-14-21-17-36-25(35)24(21)22(27)15-20)13-11-30-23(34)16-19-7-9-26(2,10-8-19)33(31-28)18-29-3/h7-9,14-15,18,28H,4-6,10-13,16-17H2,1-3H3,(H,30,34). The number of halogens is 1. The summed E-state index contributed by atoms with van der Waals surface area (Å²) in [6.07, 6.45) is 10.2. The van der Waals surface area contributed by atoms with E-state index in [9.17, 15) is 9.59 Å². The summed E-state index contributed by atoms with van der Waals surface area (Å²) in [7, 11) is 1.64. The van der Waals surface area contributed by atoms with E-state index >= 15 is 0 Å². The topological polar surface area (TPSA) is 110 Å². The van der Waals surface area contributed by atoms with Gasteiger partial charge in [0.15, 0.2) is 0 Å². The first-order valence-electron chi connectivity index (χ1n) is 12.2. The molecule has 0 aromatic heterocycles. The van der Waals surface area contributed by atoms with Crippen LogP contribution in [0.1, 0.15) is 54.6 Å². The van der Waals surface area contributed by atoms with Crippen LogP contribution in [-0.2, 0) is 22.6 Å². The summed E-state index contributed by atoms with van der Waals surface area (Å²) in [5.41, 5.74) is 10.3. The molecule has 1 aromatic rings. The number of benzene rings is 1. The molecule has 2 aliphatic rings. The monoisotopic (exact) mass is 514 g/mol. The minimum absolute atomic E-state index is 0.00717. The number of rotatable bonds is 13. The van der Waals surface area contributed by atoms with Crippen LogP contribution in [0.4, 0.5) is 0 Å². The molecule has 1 amide bonds. The van der Waals surface area contributed by atoms with Crippen molar-refractivity contribution in [3.8, 4) is 0 Å². The lowest BCUT2D eigenvalue weighted by Gasteiger charge is -2.34. The molecule has 1 aliphatic carbocycles. The number of carbonyl (C=O) groups excluding carboxylic acids is 2. The molecule has 0 bridgehead atoms. The summed E-state index contributed by atoms with van der Waals surface area (Å²) in [6.45, 7) is 7.55. The molecular formula is C26H35ClN6O3. The van der Waals surface area contributed by atoms with Gasteiger partial charge >= 0.3 is 5.97 Å². The lowest BCUT2D eigenvalue weighted by atomic mass is 9.89. The van der Waals surface area contributed by atoms with Crippen molar-refractivity contribution in [2.75, 3.05) is 33.2 Å². The summed E-state index contributed by atoms with van der Waals surface area (Å²) < 4.78 is 5.07. The van der Waals surface area contributed by atoms with Crippen LogP contribution in [0.5, 0.6) is 0 Å². The van der Waals surface area contributed by atoms with E-state index in [0.717, 1.165) is 49.2 Å². The van der Waals surface area contributed by atoms with Gasteiger partial charge in [-0.2, -0.15) is 5.53 Å². The van der Waals surface area contributed by atoms with Gasteiger partial charge in [0.25, 0.3) is 0 Å². The summed E-state index contributed by atoms with van der Waals surface area (Å²) in [5.74, 6) is -0.351. The van der Waals surface area contributed by atoms with Crippen molar-refractivity contribution in [2.24, 2.45) is 10.2 Å². The van der Waals surface area contributed by atoms with E-state index < -0.39 is 5.54 Å². The number of cyclic esters (lactones) is 1. The third kappa shape index (κ3) is 7.01. The normalized spacial score (nSPS) is 18.8. The summed E-state index contributed by atoms with van der Waals surface area (Å²) in [4.78, 5) is 30.4. The Balaban J connectivity index is 1.38. The van der Waals surface area contributed by atoms with E-state index in [0.29, 0.717) is 36.6 Å². The van der Waals surface area contributed by atoms with Crippen LogP contribution in [0.25, 0.3) is 0 Å². The Bertz CT molecular complexity index is 1070. The van der Waals surface area contributed by atoms with E-state index in [1.807, 2.05) is 37.3 Å². The van der Waals surface area contributed by atoms with Crippen molar-refractivity contribution < 1.29 is 14.3 Å². The summed E-state index contributed by atoms with van der Waals surface area (Å²) >= 11 is 6.27. The maximum atomic E-state index is 12.5. The Labute approximate surface area is 217 Å². The number of nitrogens with zero attached hydrogens (tertiary/aromatic N) is 4. The lowest BCUT2D eigenvalue weighted by Crippen LogP contribution is -2.41. The van der Waals surface area contributed by atoms with Crippen LogP contribution in [0.15, 0.2) is 46.1 Å². The number of likely N-dealkylation sites (N-methyl/N-ethyl adjacent to an activating group) is 1. The van der Waals surface area contributed by atoms with Crippen LogP contribution in [0.3, 0.4) is 0 Å². The highest BCUT2D eigenvalue weighted by Crippen LogP contribution is 2.30. The molecule has 1 atom stereocenters. The van der Waals surface area contributed by atoms with Crippen molar-refractivity contribution in [3.63, 3.8) is 0 Å². The predicted octanol–water partition coefficient (Wildman–Crippen LogP) is 4.32. The number of carbonyl (C=O) groups is 2. The van der Waals surface area contributed by atoms with Gasteiger partial charge in [-0.25, -0.2) is 9.80 Å². The molecule has 1 aromatic carbocycles. The third-order valence-electron chi connectivity index (χ3n) is 6.59. The van der Waals surface area contributed by atoms with Crippen LogP contribution in [0.2, 0.25) is 5.02 Å². The van der Waals surface area contributed by atoms with E-state index in [-0.39, 0.29) is 11.9 Å². The smallest absolute Gasteiger partial charge is 0.340 e. The largest absolute Gasteiger partial charge is 0.457 e. The molecule has 0 saturated heterocycles. The highest BCUT2D eigenvalue weighted by atomic mass is 35.5. The Morgan fingerprint density at radius 1 is 1.36 bits per heavy atom. The Kier molecular flexibility index (Phi) is 9.78. The molecule has 0 saturated carbocycles. The second kappa shape index (κ2) is 12.8. The number of fused-ring (bicyclic) bond motifs is 1. The molecule has 0 radical (unpaired) electrons. The van der Waals surface area contributed by atoms with Crippen molar-refractivity contribution in [2.45, 2.75) is 51.7 Å². The van der Waals surface area contributed by atoms with Crippen molar-refractivity contribution in [1.29, 1.82) is 5.53 Å². The van der Waals surface area contributed by atoms with Crippen molar-refractivity contribution in [1.82, 2.24) is 15.2 Å². The van der Waals surface area contributed by atoms with Crippen LogP contribution < -0.4 is 5.32 Å². The van der Waals surface area contributed by atoms with E-state index in [1.165, 1.54) is 11.3 Å². The molecule has 2 N–H and O–H groups in total. The molecular weight excluding hydrogens is 480 g/mol. The number of aryl methyl sites for hydroxylation is 1. The van der Waals surface area contributed by atoms with E-state index in [1.54, 1.807) is 7.05 Å². The van der Waals surface area contributed by atoms with Gasteiger partial charge in [0, 0.05) is 25.7 Å². The van der Waals surface area contributed by atoms with Crippen LogP contribution in [0, 0.1) is 5.53 Å². The van der Waals surface area contributed by atoms with Crippen molar-refractivity contribution >= 4 is 29.8 Å². The van der Waals surface area contributed by atoms with E-state index in [4.69, 9.17) is 21.9 Å². The average Bonchev–Trinajstić information content (AvgIpc) is 3.24. The summed E-state index contributed by atoms with van der Waals surface area (Å²) in [5, 5.41) is 8.52. The molecule has 0 fully saturated rings. The molecule has 1 aliphatic heterocycles. The number of ether oxygens (including phenoxy) is 1. The van der Waals surface area contributed by atoms with Gasteiger partial charge in [-0.1, -0.05) is 48.0 Å². The maximum Gasteiger partial charge on any atom is 0.340 e. The highest BCUT2D eigenvalue weighted by Gasteiger charge is 2.29. The van der Waals surface area contributed by atoms with Gasteiger partial charge < -0.3 is 15.0 Å². The predicted molar refractivity (Wildman–Crippen MR) is 140 cm³/mol. The Hall–Kier alpha value is -3.04. The second-order valence-electron chi connectivity index (χ2n) is 9.24. The van der Waals surface area contributed by atoms with Crippen LogP contribution >= 0.6 is 11.6 Å². The zero-order valence-corrected chi connectivity index (χ0v) is 22.0. The molecule has 1 unspecified atom stereocenters. The molecule has 36 heavy (non-hydrogen) atoms. The van der Waals surface area contributed by atoms with Crippen molar-refractivity contribution in [3.05, 3.63) is 57.6 Å². The summed E-state index contributed by atoms with van der Waals surface area (Å²) in [6, 6.07) is 3.87. The number of hydrogen-bond acceptors (Lipinski definition) is 7. The fourth-order valence-corrected chi connectivity index (χ4v) is 4.75. The maximum absolute atomic E-state index is 12.5. The Morgan fingerprint density at radius 2 is 2.17 bits per heavy atom. The molecule has 9 nitrogen and oxygen atoms in total. The Morgan fingerprint density at radius 3 is 2.83 bits per heavy atom. The number of nitrogens with one attached hydrogen (secondary N) is 2. The number of allylic oxidation sites excluding steroid dienone is 1. The SMILES string of the molecule is CCN(CCCc1cc(Cl)c2c(c1)COC2=O)CCNC(=O)CC1=CCC(C)(N(C=NC)N=N)C=C1. The zero-order valence-electron chi connectivity index (χ0n) is 21.2. The number of amides is 1. The van der Waals surface area contributed by atoms with Gasteiger partial charge in [-0.3, -0.25) is 9.79 Å². The quantitative estimate of drug-likeness (QED) is 0.134. The minimum atomic E-state index is -0.459. The van der Waals surface area contributed by atoms with Gasteiger partial charge in [-0.05, 0) is 56.5 Å². The fourth-order valence-electron chi connectivity index (χ4n) is 4.41. The fraction of sp³-hybridized carbons (Fsp3) is 0.500. The first kappa shape index (κ1) is 27.5. The molecule has 10 heteroatoms. The van der Waals surface area contributed by atoms with Gasteiger partial charge in [-0.15, -0.1) is 0 Å². The molecule has 3 rings (SSSR count). The third-order valence-corrected chi connectivity index (χ3v) is 6.88. The molecule has 1 heterocycles. The second-order valence-corrected chi connectivity index (χ2v) is 9.65. The first-order valence-corrected chi connectivity index (χ1v) is 12.6. The van der Waals surface area contributed by atoms with Crippen LogP contribution in [-0.4, -0.2) is 66.9 Å². The van der Waals surface area contributed by atoms with Gasteiger partial charge in [0.2, 0.25) is 5.91 Å². The first-order chi connectivity index (χ1) is 17.3. The number of esters is 1. The number of hydrogen-bond donors (Lipinski definition) is 2. The zero-order chi connectivity index (χ0) is 26.1. The number of aliphatic imine (C=N–C) groups is 1. The van der Waals surface area contributed by atoms with E-state index in [2.05, 4.69) is 27.4 Å². The average molecular weight is 515 g/mol. The minimum Gasteiger partial charge on any atom is -0.457 e. The highest BCUT2D eigenvalue weighted by molar-refractivity contribution is 6.34. The molecule has 0 spiro atoms. The lowest BCUT2D eigenvalue weighted by molar-refractivity contribution is -0.120. The molecule has 194 valence electrons.